The van der Waals surface area contributed by atoms with Crippen molar-refractivity contribution < 1.29 is 4.52 Å². The van der Waals surface area contributed by atoms with Gasteiger partial charge in [0.25, 0.3) is 0 Å². The first-order valence-corrected chi connectivity index (χ1v) is 11.5. The van der Waals surface area contributed by atoms with Gasteiger partial charge in [0.2, 0.25) is 5.89 Å². The number of aromatic nitrogens is 5. The molecular formula is C25H23N5OS. The Kier molecular flexibility index (Phi) is 5.49. The number of hydrogen-bond acceptors (Lipinski definition) is 6. The lowest BCUT2D eigenvalue weighted by Gasteiger charge is -2.14. The molecule has 0 aliphatic carbocycles. The van der Waals surface area contributed by atoms with E-state index in [1.807, 2.05) is 6.92 Å². The summed E-state index contributed by atoms with van der Waals surface area (Å²) in [6, 6.07) is 21.3. The molecule has 0 unspecified atom stereocenters. The van der Waals surface area contributed by atoms with E-state index in [1.165, 1.54) is 27.5 Å². The summed E-state index contributed by atoms with van der Waals surface area (Å²) in [6.45, 7) is 6.05. The maximum atomic E-state index is 5.28. The van der Waals surface area contributed by atoms with E-state index in [2.05, 4.69) is 99.4 Å². The number of hydrogen-bond donors (Lipinski definition) is 0. The molecule has 2 heterocycles. The molecule has 0 aliphatic heterocycles. The molecule has 5 aromatic rings. The first kappa shape index (κ1) is 20.5. The summed E-state index contributed by atoms with van der Waals surface area (Å²) < 4.78 is 7.44. The van der Waals surface area contributed by atoms with Crippen molar-refractivity contribution in [2.45, 2.75) is 38.1 Å². The second-order valence-electron chi connectivity index (χ2n) is 7.86. The van der Waals surface area contributed by atoms with Gasteiger partial charge in [-0.3, -0.25) is 4.57 Å². The Morgan fingerprint density at radius 1 is 0.938 bits per heavy atom. The smallest absolute Gasteiger partial charge is 0.237 e. The number of aryl methyl sites for hydroxylation is 3. The maximum Gasteiger partial charge on any atom is 0.237 e. The van der Waals surface area contributed by atoms with Crippen LogP contribution in [-0.4, -0.2) is 24.9 Å². The molecule has 32 heavy (non-hydrogen) atoms. The molecule has 6 nitrogen and oxygen atoms in total. The minimum absolute atomic E-state index is 0.540. The maximum absolute atomic E-state index is 5.28. The van der Waals surface area contributed by atoms with Crippen LogP contribution in [0, 0.1) is 20.8 Å². The fraction of sp³-hybridized carbons (Fsp3) is 0.200. The number of rotatable bonds is 6. The second-order valence-corrected chi connectivity index (χ2v) is 8.81. The van der Waals surface area contributed by atoms with Crippen molar-refractivity contribution in [1.29, 1.82) is 0 Å². The zero-order valence-electron chi connectivity index (χ0n) is 18.2. The lowest BCUT2D eigenvalue weighted by molar-refractivity contribution is 0.387. The van der Waals surface area contributed by atoms with Crippen LogP contribution in [0.4, 0.5) is 0 Å². The Hall–Kier alpha value is -3.45. The first-order chi connectivity index (χ1) is 15.6. The first-order valence-electron chi connectivity index (χ1n) is 10.5. The molecule has 0 N–H and O–H groups in total. The zero-order chi connectivity index (χ0) is 22.1. The molecule has 0 radical (unpaired) electrons. The summed E-state index contributed by atoms with van der Waals surface area (Å²) in [5, 5.41) is 16.3. The Bertz CT molecular complexity index is 1400. The van der Waals surface area contributed by atoms with E-state index >= 15 is 0 Å². The van der Waals surface area contributed by atoms with Gasteiger partial charge in [-0.2, -0.15) is 4.98 Å². The Morgan fingerprint density at radius 3 is 2.59 bits per heavy atom. The minimum atomic E-state index is 0.540. The minimum Gasteiger partial charge on any atom is -0.338 e. The zero-order valence-corrected chi connectivity index (χ0v) is 19.1. The predicted octanol–water partition coefficient (Wildman–Crippen LogP) is 5.61. The largest absolute Gasteiger partial charge is 0.338 e. The van der Waals surface area contributed by atoms with Crippen LogP contribution in [0.3, 0.4) is 0 Å². The number of nitrogens with zero attached hydrogens (tertiary/aromatic N) is 5. The predicted molar refractivity (Wildman–Crippen MR) is 126 cm³/mol. The Balaban J connectivity index is 1.56. The van der Waals surface area contributed by atoms with Crippen LogP contribution in [0.1, 0.15) is 34.2 Å². The van der Waals surface area contributed by atoms with E-state index in [4.69, 9.17) is 4.52 Å². The van der Waals surface area contributed by atoms with Crippen molar-refractivity contribution >= 4 is 22.5 Å². The molecule has 5 rings (SSSR count). The Labute approximate surface area is 190 Å². The van der Waals surface area contributed by atoms with E-state index in [9.17, 15) is 0 Å². The van der Waals surface area contributed by atoms with Crippen molar-refractivity contribution in [3.05, 3.63) is 94.9 Å². The molecule has 0 saturated carbocycles. The third-order valence-electron chi connectivity index (χ3n) is 5.42. The van der Waals surface area contributed by atoms with Gasteiger partial charge in [-0.05, 0) is 48.7 Å². The SMILES string of the molecule is Cc1ccc(-n2c(Cc3cccc4ccccc34)nnc2SCc2nc(C)no2)c(C)c1. The molecule has 0 aliphatic rings. The molecule has 3 aromatic carbocycles. The highest BCUT2D eigenvalue weighted by Gasteiger charge is 2.18. The second kappa shape index (κ2) is 8.59. The summed E-state index contributed by atoms with van der Waals surface area (Å²) in [5.41, 5.74) is 4.72. The van der Waals surface area contributed by atoms with Crippen LogP contribution in [0.2, 0.25) is 0 Å². The summed E-state index contributed by atoms with van der Waals surface area (Å²) in [4.78, 5) is 4.31. The Morgan fingerprint density at radius 2 is 1.78 bits per heavy atom. The van der Waals surface area contributed by atoms with E-state index in [0.717, 1.165) is 16.7 Å². The monoisotopic (exact) mass is 441 g/mol. The molecule has 7 heteroatoms. The molecule has 2 aromatic heterocycles. The van der Waals surface area contributed by atoms with E-state index < -0.39 is 0 Å². The van der Waals surface area contributed by atoms with Gasteiger partial charge in [0.15, 0.2) is 11.0 Å². The lowest BCUT2D eigenvalue weighted by Crippen LogP contribution is -2.06. The van der Waals surface area contributed by atoms with Gasteiger partial charge < -0.3 is 4.52 Å². The summed E-state index contributed by atoms with van der Waals surface area (Å²) in [5.74, 6) is 2.65. The van der Waals surface area contributed by atoms with Crippen molar-refractivity contribution in [2.75, 3.05) is 0 Å². The molecule has 160 valence electrons. The molecule has 0 saturated heterocycles. The van der Waals surface area contributed by atoms with Gasteiger partial charge in [-0.15, -0.1) is 10.2 Å². The molecule has 0 spiro atoms. The van der Waals surface area contributed by atoms with Crippen LogP contribution >= 0.6 is 11.8 Å². The topological polar surface area (TPSA) is 69.6 Å². The van der Waals surface area contributed by atoms with Crippen LogP contribution in [0.5, 0.6) is 0 Å². The van der Waals surface area contributed by atoms with Crippen molar-refractivity contribution in [3.8, 4) is 5.69 Å². The third kappa shape index (κ3) is 4.03. The van der Waals surface area contributed by atoms with Crippen LogP contribution in [0.25, 0.3) is 16.5 Å². The average molecular weight is 442 g/mol. The van der Waals surface area contributed by atoms with E-state index in [0.29, 0.717) is 23.9 Å². The average Bonchev–Trinajstić information content (AvgIpc) is 3.38. The van der Waals surface area contributed by atoms with Gasteiger partial charge in [-0.1, -0.05) is 77.1 Å². The van der Waals surface area contributed by atoms with Gasteiger partial charge in [0.1, 0.15) is 5.82 Å². The summed E-state index contributed by atoms with van der Waals surface area (Å²) in [6.07, 6.45) is 0.682. The number of benzene rings is 3. The van der Waals surface area contributed by atoms with Gasteiger partial charge >= 0.3 is 0 Å². The van der Waals surface area contributed by atoms with E-state index in [1.54, 1.807) is 11.8 Å². The van der Waals surface area contributed by atoms with Crippen molar-refractivity contribution in [2.24, 2.45) is 0 Å². The molecule has 0 amide bonds. The summed E-state index contributed by atoms with van der Waals surface area (Å²) >= 11 is 1.55. The quantitative estimate of drug-likeness (QED) is 0.319. The fourth-order valence-corrected chi connectivity index (χ4v) is 4.75. The highest BCUT2D eigenvalue weighted by Crippen LogP contribution is 2.29. The molecule has 0 bridgehead atoms. The van der Waals surface area contributed by atoms with Gasteiger partial charge in [-0.25, -0.2) is 0 Å². The van der Waals surface area contributed by atoms with Gasteiger partial charge in [0, 0.05) is 6.42 Å². The molecular weight excluding hydrogens is 418 g/mol. The summed E-state index contributed by atoms with van der Waals surface area (Å²) in [7, 11) is 0. The number of fused-ring (bicyclic) bond motifs is 1. The standard InChI is InChI=1S/C25H23N5OS/c1-16-11-12-22(17(2)13-16)30-23(14-20-9-6-8-19-7-4-5-10-21(19)20)27-28-25(30)32-15-24-26-18(3)29-31-24/h4-13H,14-15H2,1-3H3. The molecule has 0 fully saturated rings. The normalized spacial score (nSPS) is 11.3. The van der Waals surface area contributed by atoms with Gasteiger partial charge in [0.05, 0.1) is 11.4 Å². The highest BCUT2D eigenvalue weighted by molar-refractivity contribution is 7.98. The van der Waals surface area contributed by atoms with Crippen LogP contribution in [0.15, 0.2) is 70.3 Å². The van der Waals surface area contributed by atoms with E-state index in [-0.39, 0.29) is 0 Å². The lowest BCUT2D eigenvalue weighted by atomic mass is 10.0. The fourth-order valence-electron chi connectivity index (χ4n) is 3.95. The molecule has 0 atom stereocenters. The van der Waals surface area contributed by atoms with Crippen LogP contribution < -0.4 is 0 Å². The van der Waals surface area contributed by atoms with Crippen molar-refractivity contribution in [1.82, 2.24) is 24.9 Å². The third-order valence-corrected chi connectivity index (χ3v) is 6.33. The van der Waals surface area contributed by atoms with Crippen LogP contribution in [-0.2, 0) is 12.2 Å². The highest BCUT2D eigenvalue weighted by atomic mass is 32.2. The number of thioether (sulfide) groups is 1. The van der Waals surface area contributed by atoms with Crippen molar-refractivity contribution in [3.63, 3.8) is 0 Å².